The second-order valence-corrected chi connectivity index (χ2v) is 19.2. The lowest BCUT2D eigenvalue weighted by molar-refractivity contribution is 0.971. The van der Waals surface area contributed by atoms with Crippen LogP contribution in [0.25, 0.3) is 27.5 Å². The van der Waals surface area contributed by atoms with Crippen LogP contribution in [-0.4, -0.2) is 4.57 Å². The van der Waals surface area contributed by atoms with Crippen LogP contribution < -0.4 is 4.90 Å². The van der Waals surface area contributed by atoms with Crippen molar-refractivity contribution in [3.63, 3.8) is 0 Å². The third-order valence-electron chi connectivity index (χ3n) is 12.4. The van der Waals surface area contributed by atoms with E-state index in [-0.39, 0.29) is 5.92 Å². The van der Waals surface area contributed by atoms with Crippen molar-refractivity contribution in [1.82, 2.24) is 4.57 Å². The molecule has 0 aliphatic carbocycles. The molecule has 0 spiro atoms. The van der Waals surface area contributed by atoms with Crippen LogP contribution >= 0.6 is 10.0 Å². The number of nitrogens with zero attached hydrogens (tertiary/aromatic N) is 2. The molecule has 0 fully saturated rings. The zero-order valence-corrected chi connectivity index (χ0v) is 36.2. The molecule has 64 heavy (non-hydrogen) atoms. The molecule has 10 aromatic carbocycles. The molecule has 2 nitrogen and oxygen atoms in total. The summed E-state index contributed by atoms with van der Waals surface area (Å²) in [4.78, 5) is 7.49. The Balaban J connectivity index is 1.11. The van der Waals surface area contributed by atoms with Crippen molar-refractivity contribution in [2.45, 2.75) is 25.5 Å². The van der Waals surface area contributed by atoms with Gasteiger partial charge in [0.2, 0.25) is 0 Å². The molecule has 1 atom stereocenters. The standard InChI is InChI=1S/C61H46N2S/c1-7-22-46(23-8-1)61(48-38-43-60-58(45-48)57-36-19-20-37-59(57)63(60)51-29-13-4-14-30-51)47-24-21-35-56(44-47)64(53-31-15-5-16-32-53,54-33-17-6-18-34-54)55-41-39-52(40-42-55)62(49-25-9-2-10-26-49)50-27-11-3-12-28-50/h1-45,61H. The first-order chi connectivity index (χ1) is 31.8. The van der Waals surface area contributed by atoms with Gasteiger partial charge in [-0.15, -0.1) is 10.0 Å². The fourth-order valence-corrected chi connectivity index (χ4v) is 13.5. The number of rotatable bonds is 11. The van der Waals surface area contributed by atoms with Crippen LogP contribution in [0.3, 0.4) is 0 Å². The van der Waals surface area contributed by atoms with Gasteiger partial charge in [0, 0.05) is 59.0 Å². The molecule has 3 heteroatoms. The monoisotopic (exact) mass is 838 g/mol. The first-order valence-corrected chi connectivity index (χ1v) is 23.6. The van der Waals surface area contributed by atoms with Crippen LogP contribution in [0.2, 0.25) is 0 Å². The predicted octanol–water partition coefficient (Wildman–Crippen LogP) is 16.8. The minimum atomic E-state index is -2.02. The average Bonchev–Trinajstić information content (AvgIpc) is 3.71. The highest BCUT2D eigenvalue weighted by molar-refractivity contribution is 8.34. The summed E-state index contributed by atoms with van der Waals surface area (Å²) >= 11 is 0. The molecule has 11 rings (SSSR count). The van der Waals surface area contributed by atoms with Gasteiger partial charge in [-0.3, -0.25) is 0 Å². The van der Waals surface area contributed by atoms with E-state index < -0.39 is 10.0 Å². The predicted molar refractivity (Wildman–Crippen MR) is 269 cm³/mol. The Hall–Kier alpha value is -7.85. The Labute approximate surface area is 377 Å². The molecule has 0 bridgehead atoms. The van der Waals surface area contributed by atoms with Gasteiger partial charge in [-0.05, 0) is 132 Å². The van der Waals surface area contributed by atoms with Crippen LogP contribution in [0.4, 0.5) is 17.1 Å². The second kappa shape index (κ2) is 17.1. The highest BCUT2D eigenvalue weighted by atomic mass is 32.3. The number of hydrogen-bond donors (Lipinski definition) is 0. The van der Waals surface area contributed by atoms with Gasteiger partial charge < -0.3 is 9.47 Å². The maximum atomic E-state index is 2.51. The molecule has 0 N–H and O–H groups in total. The number of benzene rings is 10. The van der Waals surface area contributed by atoms with Crippen molar-refractivity contribution in [3.8, 4) is 5.69 Å². The molecule has 0 radical (unpaired) electrons. The highest BCUT2D eigenvalue weighted by Gasteiger charge is 2.34. The largest absolute Gasteiger partial charge is 0.311 e. The topological polar surface area (TPSA) is 8.17 Å². The zero-order chi connectivity index (χ0) is 42.7. The lowest BCUT2D eigenvalue weighted by atomic mass is 9.84. The maximum absolute atomic E-state index is 2.51. The van der Waals surface area contributed by atoms with Gasteiger partial charge in [0.15, 0.2) is 0 Å². The van der Waals surface area contributed by atoms with Crippen molar-refractivity contribution in [1.29, 1.82) is 0 Å². The number of aromatic nitrogens is 1. The van der Waals surface area contributed by atoms with Crippen molar-refractivity contribution in [2.75, 3.05) is 4.90 Å². The molecule has 1 heterocycles. The van der Waals surface area contributed by atoms with Gasteiger partial charge in [0.1, 0.15) is 0 Å². The minimum Gasteiger partial charge on any atom is -0.311 e. The maximum Gasteiger partial charge on any atom is 0.0541 e. The molecule has 0 aliphatic heterocycles. The molecular formula is C61H46N2S. The number of para-hydroxylation sites is 4. The summed E-state index contributed by atoms with van der Waals surface area (Å²) in [5.41, 5.74) is 10.7. The van der Waals surface area contributed by atoms with Gasteiger partial charge >= 0.3 is 0 Å². The Morgan fingerprint density at radius 2 is 0.734 bits per heavy atom. The van der Waals surface area contributed by atoms with E-state index in [1.807, 2.05) is 0 Å². The quantitative estimate of drug-likeness (QED) is 0.118. The lowest BCUT2D eigenvalue weighted by Gasteiger charge is -2.42. The third-order valence-corrected chi connectivity index (χ3v) is 16.3. The summed E-state index contributed by atoms with van der Waals surface area (Å²) in [5.74, 6) is -0.0132. The fraction of sp³-hybridized carbons (Fsp3) is 0.0164. The fourth-order valence-electron chi connectivity index (χ4n) is 9.60. The SMILES string of the molecule is c1ccc(C(c2cccc(S(c3ccccc3)(c3ccccc3)c3ccc(N(c4ccccc4)c4ccccc4)cc3)c2)c2ccc3c(c2)c2ccccc2n3-c2ccccc2)cc1. The van der Waals surface area contributed by atoms with Crippen LogP contribution in [-0.2, 0) is 0 Å². The van der Waals surface area contributed by atoms with Gasteiger partial charge in [-0.25, -0.2) is 0 Å². The second-order valence-electron chi connectivity index (χ2n) is 16.1. The summed E-state index contributed by atoms with van der Waals surface area (Å²) in [6, 6.07) is 100. The van der Waals surface area contributed by atoms with Crippen LogP contribution in [0.5, 0.6) is 0 Å². The van der Waals surface area contributed by atoms with Crippen molar-refractivity contribution in [3.05, 3.63) is 290 Å². The number of fused-ring (bicyclic) bond motifs is 3. The van der Waals surface area contributed by atoms with Gasteiger partial charge in [-0.1, -0.05) is 158 Å². The van der Waals surface area contributed by atoms with Crippen molar-refractivity contribution in [2.24, 2.45) is 0 Å². The van der Waals surface area contributed by atoms with Crippen LogP contribution in [0.1, 0.15) is 22.6 Å². The molecule has 1 aromatic heterocycles. The van der Waals surface area contributed by atoms with E-state index in [1.54, 1.807) is 0 Å². The molecule has 0 saturated carbocycles. The van der Waals surface area contributed by atoms with E-state index in [4.69, 9.17) is 0 Å². The lowest BCUT2D eigenvalue weighted by Crippen LogP contribution is -2.11. The molecule has 0 saturated heterocycles. The third kappa shape index (κ3) is 6.97. The molecule has 1 unspecified atom stereocenters. The molecular weight excluding hydrogens is 793 g/mol. The molecule has 11 aromatic rings. The Morgan fingerprint density at radius 1 is 0.297 bits per heavy atom. The molecule has 306 valence electrons. The van der Waals surface area contributed by atoms with Gasteiger partial charge in [-0.2, -0.15) is 0 Å². The Kier molecular flexibility index (Phi) is 10.4. The van der Waals surface area contributed by atoms with Crippen LogP contribution in [0, 0.1) is 0 Å². The first kappa shape index (κ1) is 39.0. The summed E-state index contributed by atoms with van der Waals surface area (Å²) in [6.07, 6.45) is 0. The summed E-state index contributed by atoms with van der Waals surface area (Å²) in [5, 5.41) is 2.50. The van der Waals surface area contributed by atoms with Gasteiger partial charge in [0.25, 0.3) is 0 Å². The van der Waals surface area contributed by atoms with E-state index in [9.17, 15) is 0 Å². The Morgan fingerprint density at radius 3 is 1.34 bits per heavy atom. The highest BCUT2D eigenvalue weighted by Crippen LogP contribution is 2.73. The first-order valence-electron chi connectivity index (χ1n) is 21.9. The van der Waals surface area contributed by atoms with E-state index in [1.165, 1.54) is 58.1 Å². The zero-order valence-electron chi connectivity index (χ0n) is 35.4. The summed E-state index contributed by atoms with van der Waals surface area (Å²) < 4.78 is 2.40. The van der Waals surface area contributed by atoms with Crippen molar-refractivity contribution >= 4 is 48.9 Å². The minimum absolute atomic E-state index is 0.0132. The molecule has 0 amide bonds. The van der Waals surface area contributed by atoms with Crippen LogP contribution in [0.15, 0.2) is 293 Å². The van der Waals surface area contributed by atoms with Crippen molar-refractivity contribution < 1.29 is 0 Å². The van der Waals surface area contributed by atoms with E-state index in [0.717, 1.165) is 22.7 Å². The number of anilines is 3. The van der Waals surface area contributed by atoms with E-state index in [0.29, 0.717) is 0 Å². The number of hydrogen-bond acceptors (Lipinski definition) is 1. The summed E-state index contributed by atoms with van der Waals surface area (Å²) in [6.45, 7) is 0. The smallest absolute Gasteiger partial charge is 0.0541 e. The normalized spacial score (nSPS) is 12.2. The van der Waals surface area contributed by atoms with E-state index >= 15 is 0 Å². The molecule has 0 aliphatic rings. The summed E-state index contributed by atoms with van der Waals surface area (Å²) in [7, 11) is -2.02. The van der Waals surface area contributed by atoms with Gasteiger partial charge in [0.05, 0.1) is 11.0 Å². The van der Waals surface area contributed by atoms with E-state index in [2.05, 4.69) is 282 Å². The Bertz CT molecular complexity index is 3220. The average molecular weight is 839 g/mol.